The molecule has 0 aromatic heterocycles. The molecule has 0 heterocycles. The minimum absolute atomic E-state index is 0.0363. The molecule has 136 valence electrons. The van der Waals surface area contributed by atoms with Gasteiger partial charge in [0.05, 0.1) is 0 Å². The van der Waals surface area contributed by atoms with Gasteiger partial charge in [0, 0.05) is 22.5 Å². The van der Waals surface area contributed by atoms with Gasteiger partial charge in [0.25, 0.3) is 0 Å². The van der Waals surface area contributed by atoms with Crippen LogP contribution in [0.5, 0.6) is 0 Å². The zero-order chi connectivity index (χ0) is 17.8. The molecule has 1 unspecified atom stereocenters. The number of fused-ring (bicyclic) bond motifs is 5. The van der Waals surface area contributed by atoms with Gasteiger partial charge in [-0.15, -0.1) is 6.58 Å². The Kier molecular flexibility index (Phi) is 4.22. The van der Waals surface area contributed by atoms with Crippen LogP contribution < -0.4 is 0 Å². The number of allylic oxidation sites excluding steroid dienone is 3. The van der Waals surface area contributed by atoms with Gasteiger partial charge in [0.15, 0.2) is 5.78 Å². The molecule has 0 spiro atoms. The van der Waals surface area contributed by atoms with E-state index in [-0.39, 0.29) is 11.2 Å². The maximum Gasteiger partial charge on any atom is 0.181 e. The maximum absolute atomic E-state index is 11.9. The Morgan fingerprint density at radius 1 is 1.24 bits per heavy atom. The van der Waals surface area contributed by atoms with Crippen molar-refractivity contribution in [3.63, 3.8) is 0 Å². The highest BCUT2D eigenvalue weighted by molar-refractivity contribution is 8.00. The molecule has 4 rings (SSSR count). The van der Waals surface area contributed by atoms with E-state index in [1.165, 1.54) is 43.8 Å². The van der Waals surface area contributed by atoms with E-state index in [2.05, 4.69) is 32.2 Å². The standard InChI is InChI=1S/C22H30O2S/c1-4-11-25-20-8-7-17-16-6-5-14-12-15(23)13-19(24)22(14,3)18(16)9-10-21(17,20)2/h4,12-13,16-18,20,24H,1,5-11H2,2-3H3/t16-,17-,18-,20?,21-,22-/m0/s1. The summed E-state index contributed by atoms with van der Waals surface area (Å²) < 4.78 is 0. The van der Waals surface area contributed by atoms with Crippen LogP contribution in [0.1, 0.15) is 52.4 Å². The van der Waals surface area contributed by atoms with Crippen molar-refractivity contribution in [3.8, 4) is 0 Å². The summed E-state index contributed by atoms with van der Waals surface area (Å²) >= 11 is 2.10. The SMILES string of the molecule is C=CCSC1CC[C@H]2[C@@H]3CCC4=CC(=O)C=C(O)[C@]4(C)[C@H]3CC[C@]12C. The first-order valence-electron chi connectivity index (χ1n) is 9.80. The van der Waals surface area contributed by atoms with Crippen molar-refractivity contribution >= 4 is 17.5 Å². The van der Waals surface area contributed by atoms with Gasteiger partial charge < -0.3 is 5.11 Å². The third-order valence-electron chi connectivity index (χ3n) is 8.05. The summed E-state index contributed by atoms with van der Waals surface area (Å²) in [5.41, 5.74) is 1.30. The first-order chi connectivity index (χ1) is 11.9. The van der Waals surface area contributed by atoms with Crippen LogP contribution in [-0.2, 0) is 4.79 Å². The highest BCUT2D eigenvalue weighted by Crippen LogP contribution is 2.66. The fourth-order valence-electron chi connectivity index (χ4n) is 6.71. The van der Waals surface area contributed by atoms with Crippen molar-refractivity contribution in [1.29, 1.82) is 0 Å². The van der Waals surface area contributed by atoms with Crippen LogP contribution >= 0.6 is 11.8 Å². The molecular formula is C22H30O2S. The van der Waals surface area contributed by atoms with E-state index in [9.17, 15) is 9.90 Å². The fourth-order valence-corrected chi connectivity index (χ4v) is 8.06. The Labute approximate surface area is 155 Å². The number of thioether (sulfide) groups is 1. The lowest BCUT2D eigenvalue weighted by Gasteiger charge is -2.57. The molecule has 25 heavy (non-hydrogen) atoms. The molecule has 0 amide bonds. The average Bonchev–Trinajstić information content (AvgIpc) is 2.91. The monoisotopic (exact) mass is 358 g/mol. The molecule has 6 atom stereocenters. The van der Waals surface area contributed by atoms with Crippen molar-refractivity contribution < 1.29 is 9.90 Å². The summed E-state index contributed by atoms with van der Waals surface area (Å²) in [6.07, 6.45) is 12.5. The number of hydrogen-bond donors (Lipinski definition) is 1. The van der Waals surface area contributed by atoms with Crippen LogP contribution in [0.25, 0.3) is 0 Å². The summed E-state index contributed by atoms with van der Waals surface area (Å²) in [6.45, 7) is 8.61. The number of carbonyl (C=O) groups is 1. The van der Waals surface area contributed by atoms with Crippen molar-refractivity contribution in [2.24, 2.45) is 28.6 Å². The molecule has 2 nitrogen and oxygen atoms in total. The molecule has 0 saturated heterocycles. The highest BCUT2D eigenvalue weighted by atomic mass is 32.2. The first kappa shape index (κ1) is 17.5. The molecule has 0 aromatic rings. The summed E-state index contributed by atoms with van der Waals surface area (Å²) in [6, 6.07) is 0. The van der Waals surface area contributed by atoms with E-state index >= 15 is 0 Å². The summed E-state index contributed by atoms with van der Waals surface area (Å²) in [5, 5.41) is 11.5. The molecule has 4 aliphatic carbocycles. The van der Waals surface area contributed by atoms with Crippen LogP contribution in [0.4, 0.5) is 0 Å². The molecule has 1 N–H and O–H groups in total. The Bertz CT molecular complexity index is 663. The molecule has 3 saturated carbocycles. The minimum Gasteiger partial charge on any atom is -0.511 e. The van der Waals surface area contributed by atoms with Gasteiger partial charge in [-0.2, -0.15) is 11.8 Å². The Morgan fingerprint density at radius 3 is 2.80 bits per heavy atom. The molecule has 3 heteroatoms. The third kappa shape index (κ3) is 2.41. The fraction of sp³-hybridized carbons (Fsp3) is 0.682. The zero-order valence-corrected chi connectivity index (χ0v) is 16.3. The lowest BCUT2D eigenvalue weighted by Crippen LogP contribution is -2.51. The van der Waals surface area contributed by atoms with Gasteiger partial charge >= 0.3 is 0 Å². The Hall–Kier alpha value is -0.960. The Balaban J connectivity index is 1.64. The van der Waals surface area contributed by atoms with Crippen molar-refractivity contribution in [1.82, 2.24) is 0 Å². The summed E-state index contributed by atoms with van der Waals surface area (Å²) in [7, 11) is 0. The smallest absolute Gasteiger partial charge is 0.181 e. The minimum atomic E-state index is -0.301. The normalized spacial score (nSPS) is 45.8. The van der Waals surface area contributed by atoms with Gasteiger partial charge in [-0.1, -0.05) is 18.6 Å². The highest BCUT2D eigenvalue weighted by Gasteiger charge is 2.60. The van der Waals surface area contributed by atoms with Crippen LogP contribution in [0.2, 0.25) is 0 Å². The Morgan fingerprint density at radius 2 is 2.04 bits per heavy atom. The van der Waals surface area contributed by atoms with E-state index in [1.807, 2.05) is 6.08 Å². The van der Waals surface area contributed by atoms with Crippen molar-refractivity contribution in [2.45, 2.75) is 57.6 Å². The lowest BCUT2D eigenvalue weighted by molar-refractivity contribution is -0.111. The van der Waals surface area contributed by atoms with Crippen LogP contribution in [0, 0.1) is 28.6 Å². The van der Waals surface area contributed by atoms with Gasteiger partial charge in [-0.05, 0) is 74.7 Å². The zero-order valence-electron chi connectivity index (χ0n) is 15.5. The quantitative estimate of drug-likeness (QED) is 0.680. The molecule has 0 bridgehead atoms. The number of aliphatic hydroxyl groups excluding tert-OH is 1. The number of rotatable bonds is 3. The second-order valence-electron chi connectivity index (χ2n) is 8.95. The molecule has 0 radical (unpaired) electrons. The predicted octanol–water partition coefficient (Wildman–Crippen LogP) is 5.47. The molecule has 3 fully saturated rings. The van der Waals surface area contributed by atoms with Gasteiger partial charge in [0.2, 0.25) is 0 Å². The average molecular weight is 359 g/mol. The number of aliphatic hydroxyl groups is 1. The van der Waals surface area contributed by atoms with E-state index < -0.39 is 0 Å². The second-order valence-corrected chi connectivity index (χ2v) is 10.2. The molecule has 0 aromatic carbocycles. The van der Waals surface area contributed by atoms with Crippen LogP contribution in [0.15, 0.2) is 36.1 Å². The third-order valence-corrected chi connectivity index (χ3v) is 9.65. The summed E-state index contributed by atoms with van der Waals surface area (Å²) in [4.78, 5) is 11.9. The predicted molar refractivity (Wildman–Crippen MR) is 105 cm³/mol. The van der Waals surface area contributed by atoms with Gasteiger partial charge in [-0.25, -0.2) is 0 Å². The summed E-state index contributed by atoms with van der Waals surface area (Å²) in [5.74, 6) is 3.27. The second kappa shape index (κ2) is 6.04. The van der Waals surface area contributed by atoms with Crippen LogP contribution in [-0.4, -0.2) is 21.9 Å². The molecule has 4 aliphatic rings. The number of hydrogen-bond acceptors (Lipinski definition) is 3. The largest absolute Gasteiger partial charge is 0.511 e. The maximum atomic E-state index is 11.9. The van der Waals surface area contributed by atoms with E-state index in [0.29, 0.717) is 23.0 Å². The van der Waals surface area contributed by atoms with Gasteiger partial charge in [0.1, 0.15) is 5.76 Å². The van der Waals surface area contributed by atoms with Crippen molar-refractivity contribution in [3.05, 3.63) is 36.1 Å². The van der Waals surface area contributed by atoms with Crippen molar-refractivity contribution in [2.75, 3.05) is 5.75 Å². The van der Waals surface area contributed by atoms with Gasteiger partial charge in [-0.3, -0.25) is 4.79 Å². The van der Waals surface area contributed by atoms with E-state index in [1.54, 1.807) is 6.08 Å². The molecular weight excluding hydrogens is 328 g/mol. The number of ketones is 1. The topological polar surface area (TPSA) is 37.3 Å². The lowest BCUT2D eigenvalue weighted by atomic mass is 9.48. The molecule has 0 aliphatic heterocycles. The number of carbonyl (C=O) groups excluding carboxylic acids is 1. The first-order valence-corrected chi connectivity index (χ1v) is 10.8. The van der Waals surface area contributed by atoms with E-state index in [0.717, 1.165) is 23.3 Å². The van der Waals surface area contributed by atoms with Crippen LogP contribution in [0.3, 0.4) is 0 Å². The van der Waals surface area contributed by atoms with E-state index in [4.69, 9.17) is 0 Å².